The Labute approximate surface area is 127 Å². The molecule has 0 fully saturated rings. The van der Waals surface area contributed by atoms with E-state index in [9.17, 15) is 9.00 Å². The van der Waals surface area contributed by atoms with Crippen molar-refractivity contribution in [1.29, 1.82) is 0 Å². The summed E-state index contributed by atoms with van der Waals surface area (Å²) in [6, 6.07) is 6.04. The van der Waals surface area contributed by atoms with Gasteiger partial charge in [-0.15, -0.1) is 0 Å². The lowest BCUT2D eigenvalue weighted by molar-refractivity contribution is 0.0600. The van der Waals surface area contributed by atoms with Crippen molar-refractivity contribution in [2.45, 2.75) is 32.4 Å². The molecule has 3 unspecified atom stereocenters. The molecule has 0 aliphatic rings. The molecule has 1 N–H and O–H groups in total. The molecule has 118 valence electrons. The van der Waals surface area contributed by atoms with Crippen LogP contribution in [0.3, 0.4) is 0 Å². The van der Waals surface area contributed by atoms with Crippen molar-refractivity contribution in [2.24, 2.45) is 5.92 Å². The van der Waals surface area contributed by atoms with E-state index in [-0.39, 0.29) is 5.75 Å². The van der Waals surface area contributed by atoms with E-state index in [1.807, 2.05) is 6.92 Å². The summed E-state index contributed by atoms with van der Waals surface area (Å²) in [4.78, 5) is 11.4. The fourth-order valence-electron chi connectivity index (χ4n) is 2.32. The summed E-state index contributed by atoms with van der Waals surface area (Å²) < 4.78 is 39.8. The average molecular weight is 316 g/mol. The van der Waals surface area contributed by atoms with Gasteiger partial charge >= 0.3 is 5.97 Å². The molecule has 0 bridgehead atoms. The van der Waals surface area contributed by atoms with Crippen LogP contribution in [0.15, 0.2) is 24.3 Å². The predicted octanol–water partition coefficient (Wildman–Crippen LogP) is 3.30. The molecular formula is C15H21FO4S. The number of alkyl halides is 1. The van der Waals surface area contributed by atoms with Crippen molar-refractivity contribution >= 4 is 17.0 Å². The highest BCUT2D eigenvalue weighted by atomic mass is 32.2. The zero-order valence-corrected chi connectivity index (χ0v) is 13.3. The minimum atomic E-state index is -2.04. The van der Waals surface area contributed by atoms with Gasteiger partial charge in [0, 0.05) is 5.92 Å². The summed E-state index contributed by atoms with van der Waals surface area (Å²) in [7, 11) is 1.28. The third kappa shape index (κ3) is 4.61. The molecule has 0 saturated carbocycles. The van der Waals surface area contributed by atoms with Crippen LogP contribution in [0.4, 0.5) is 4.39 Å². The summed E-state index contributed by atoms with van der Waals surface area (Å²) in [6.45, 7) is 3.32. The Morgan fingerprint density at radius 3 is 2.43 bits per heavy atom. The molecule has 0 radical (unpaired) electrons. The number of carbonyl (C=O) groups excluding carboxylic acids is 1. The number of benzene rings is 1. The maximum atomic E-state index is 15.1. The molecule has 0 aliphatic carbocycles. The standard InChI is InChI=1S/C15H21FO4S/c1-4-5-13(10-21(18)19)15(2,16)12-8-6-11(7-9-12)14(17)20-3/h6-9,13H,4-5,10H2,1-3H3,(H,18,19). The molecule has 0 amide bonds. The van der Waals surface area contributed by atoms with Gasteiger partial charge in [0.15, 0.2) is 11.1 Å². The molecule has 0 saturated heterocycles. The number of hydrogen-bond donors (Lipinski definition) is 1. The monoisotopic (exact) mass is 316 g/mol. The van der Waals surface area contributed by atoms with E-state index in [1.54, 1.807) is 0 Å². The molecule has 21 heavy (non-hydrogen) atoms. The molecule has 0 heterocycles. The quantitative estimate of drug-likeness (QED) is 0.619. The van der Waals surface area contributed by atoms with Gasteiger partial charge in [0.25, 0.3) is 0 Å². The Balaban J connectivity index is 3.03. The first kappa shape index (κ1) is 17.8. The molecule has 0 aromatic heterocycles. The van der Waals surface area contributed by atoms with Crippen LogP contribution in [0.5, 0.6) is 0 Å². The Hall–Kier alpha value is -1.27. The van der Waals surface area contributed by atoms with Gasteiger partial charge in [-0.05, 0) is 31.0 Å². The zero-order valence-electron chi connectivity index (χ0n) is 12.5. The van der Waals surface area contributed by atoms with Crippen LogP contribution < -0.4 is 0 Å². The molecule has 0 spiro atoms. The summed E-state index contributed by atoms with van der Waals surface area (Å²) in [5.74, 6) is -1.15. The van der Waals surface area contributed by atoms with Gasteiger partial charge in [-0.25, -0.2) is 13.4 Å². The van der Waals surface area contributed by atoms with Crippen LogP contribution in [0.1, 0.15) is 42.6 Å². The maximum absolute atomic E-state index is 15.1. The second-order valence-electron chi connectivity index (χ2n) is 5.12. The van der Waals surface area contributed by atoms with Crippen LogP contribution in [0.25, 0.3) is 0 Å². The summed E-state index contributed by atoms with van der Waals surface area (Å²) in [5, 5.41) is 0. The van der Waals surface area contributed by atoms with Crippen LogP contribution >= 0.6 is 0 Å². The SMILES string of the molecule is CCCC(CS(=O)O)C(C)(F)c1ccc(C(=O)OC)cc1. The first-order chi connectivity index (χ1) is 9.82. The van der Waals surface area contributed by atoms with Crippen molar-refractivity contribution in [2.75, 3.05) is 12.9 Å². The van der Waals surface area contributed by atoms with E-state index < -0.39 is 28.6 Å². The number of esters is 1. The van der Waals surface area contributed by atoms with Gasteiger partial charge in [0.2, 0.25) is 0 Å². The molecule has 1 aromatic carbocycles. The number of halogens is 1. The molecule has 6 heteroatoms. The van der Waals surface area contributed by atoms with Crippen LogP contribution in [-0.2, 0) is 21.5 Å². The van der Waals surface area contributed by atoms with Crippen molar-refractivity contribution in [1.82, 2.24) is 0 Å². The van der Waals surface area contributed by atoms with Crippen molar-refractivity contribution in [3.05, 3.63) is 35.4 Å². The van der Waals surface area contributed by atoms with Crippen LogP contribution in [0.2, 0.25) is 0 Å². The number of methoxy groups -OCH3 is 1. The Morgan fingerprint density at radius 2 is 2.00 bits per heavy atom. The Bertz CT molecular complexity index is 499. The third-order valence-corrected chi connectivity index (χ3v) is 4.31. The van der Waals surface area contributed by atoms with Crippen molar-refractivity contribution < 1.29 is 22.7 Å². The average Bonchev–Trinajstić information content (AvgIpc) is 2.45. The largest absolute Gasteiger partial charge is 0.465 e. The summed E-state index contributed by atoms with van der Waals surface area (Å²) >= 11 is -2.04. The highest BCUT2D eigenvalue weighted by molar-refractivity contribution is 7.79. The smallest absolute Gasteiger partial charge is 0.337 e. The van der Waals surface area contributed by atoms with E-state index in [1.165, 1.54) is 38.3 Å². The lowest BCUT2D eigenvalue weighted by atomic mass is 9.83. The number of carbonyl (C=O) groups is 1. The fraction of sp³-hybridized carbons (Fsp3) is 0.533. The van der Waals surface area contributed by atoms with Crippen LogP contribution in [0, 0.1) is 5.92 Å². The van der Waals surface area contributed by atoms with E-state index in [2.05, 4.69) is 4.74 Å². The maximum Gasteiger partial charge on any atom is 0.337 e. The summed E-state index contributed by atoms with van der Waals surface area (Å²) in [5.41, 5.74) is -1.00. The number of hydrogen-bond acceptors (Lipinski definition) is 3. The van der Waals surface area contributed by atoms with E-state index >= 15 is 4.39 Å². The molecule has 4 nitrogen and oxygen atoms in total. The molecule has 1 rings (SSSR count). The molecular weight excluding hydrogens is 295 g/mol. The highest BCUT2D eigenvalue weighted by Gasteiger charge is 2.36. The molecule has 1 aromatic rings. The minimum Gasteiger partial charge on any atom is -0.465 e. The van der Waals surface area contributed by atoms with E-state index in [4.69, 9.17) is 4.55 Å². The number of rotatable bonds is 7. The van der Waals surface area contributed by atoms with Gasteiger partial charge in [-0.3, -0.25) is 0 Å². The Kier molecular flexibility index (Phi) is 6.48. The van der Waals surface area contributed by atoms with Gasteiger partial charge in [-0.1, -0.05) is 25.5 Å². The van der Waals surface area contributed by atoms with Crippen molar-refractivity contribution in [3.8, 4) is 0 Å². The van der Waals surface area contributed by atoms with Gasteiger partial charge in [0.05, 0.1) is 18.4 Å². The van der Waals surface area contributed by atoms with Crippen molar-refractivity contribution in [3.63, 3.8) is 0 Å². The summed E-state index contributed by atoms with van der Waals surface area (Å²) in [6.07, 6.45) is 1.24. The zero-order chi connectivity index (χ0) is 16.0. The van der Waals surface area contributed by atoms with Gasteiger partial charge < -0.3 is 9.29 Å². The second-order valence-corrected chi connectivity index (χ2v) is 6.09. The Morgan fingerprint density at radius 1 is 1.43 bits per heavy atom. The van der Waals surface area contributed by atoms with E-state index in [0.29, 0.717) is 17.5 Å². The predicted molar refractivity (Wildman–Crippen MR) is 80.3 cm³/mol. The lowest BCUT2D eigenvalue weighted by Crippen LogP contribution is -2.31. The second kappa shape index (κ2) is 7.66. The van der Waals surface area contributed by atoms with Crippen LogP contribution in [-0.4, -0.2) is 27.6 Å². The minimum absolute atomic E-state index is 0.112. The first-order valence-electron chi connectivity index (χ1n) is 6.78. The molecule has 0 aliphatic heterocycles. The fourth-order valence-corrected chi connectivity index (χ4v) is 3.14. The molecule has 3 atom stereocenters. The van der Waals surface area contributed by atoms with E-state index in [0.717, 1.165) is 6.42 Å². The topological polar surface area (TPSA) is 63.6 Å². The van der Waals surface area contributed by atoms with Gasteiger partial charge in [-0.2, -0.15) is 0 Å². The normalized spacial score (nSPS) is 16.8. The van der Waals surface area contributed by atoms with Gasteiger partial charge in [0.1, 0.15) is 5.67 Å². The number of ether oxygens (including phenoxy) is 1. The first-order valence-corrected chi connectivity index (χ1v) is 8.05. The lowest BCUT2D eigenvalue weighted by Gasteiger charge is -2.30. The third-order valence-electron chi connectivity index (χ3n) is 3.62. The highest BCUT2D eigenvalue weighted by Crippen LogP contribution is 2.37.